The Bertz CT molecular complexity index is 2350. The lowest BCUT2D eigenvalue weighted by Gasteiger charge is -2.42. The number of aromatic hydroxyl groups is 1. The number of carbonyl (C=O) groups is 4. The SMILES string of the molecule is O=C1C=C(Br)C(=O)C2=C1[C@@H](c1ccc3ccccc3c1O)C1=CC[C@@H]3C(=O)N(c4ccc(-c5nc6ccccc6o5)cc4)C(=O)[C@@H]3[C@@H]1C2. The zero-order chi connectivity index (χ0) is 32.8. The summed E-state index contributed by atoms with van der Waals surface area (Å²) in [6.45, 7) is 0. The number of benzene rings is 4. The van der Waals surface area contributed by atoms with E-state index in [9.17, 15) is 24.3 Å². The van der Waals surface area contributed by atoms with Crippen molar-refractivity contribution < 1.29 is 28.7 Å². The predicted octanol–water partition coefficient (Wildman–Crippen LogP) is 7.32. The number of oxazole rings is 1. The molecular weight excluding hydrogens is 672 g/mol. The summed E-state index contributed by atoms with van der Waals surface area (Å²) in [5.74, 6) is -3.44. The standard InChI is InChI=1S/C39H25BrN2O6/c40-28-18-30(43)34-27(36(28)45)17-26-23(32(34)24-14-11-19-5-1-2-6-22(19)35(24)44)15-16-25-33(26)39(47)42(38(25)46)21-12-9-20(10-13-21)37-41-29-7-3-4-8-31(29)48-37/h1-15,18,25-26,32-33,44H,16-17H2/t25-,26+,32+,33-/m0/s1. The molecule has 48 heavy (non-hydrogen) atoms. The maximum atomic E-state index is 14.3. The normalized spacial score (nSPS) is 23.7. The van der Waals surface area contributed by atoms with Gasteiger partial charge in [-0.15, -0.1) is 0 Å². The summed E-state index contributed by atoms with van der Waals surface area (Å²) in [7, 11) is 0. The van der Waals surface area contributed by atoms with Crippen molar-refractivity contribution in [1.82, 2.24) is 4.98 Å². The van der Waals surface area contributed by atoms with Crippen LogP contribution in [0, 0.1) is 17.8 Å². The number of carbonyl (C=O) groups excluding carboxylic acids is 4. The summed E-state index contributed by atoms with van der Waals surface area (Å²) < 4.78 is 6.05. The molecule has 234 valence electrons. The number of nitrogens with zero attached hydrogens (tertiary/aromatic N) is 2. The van der Waals surface area contributed by atoms with Gasteiger partial charge in [0.05, 0.1) is 22.0 Å². The van der Waals surface area contributed by atoms with Gasteiger partial charge in [0, 0.05) is 39.7 Å². The van der Waals surface area contributed by atoms with E-state index >= 15 is 0 Å². The number of phenols is 1. The van der Waals surface area contributed by atoms with Crippen molar-refractivity contribution in [2.75, 3.05) is 4.90 Å². The number of phenolic OH excluding ortho intramolecular Hbond substituents is 1. The molecule has 2 amide bonds. The van der Waals surface area contributed by atoms with Gasteiger partial charge in [-0.3, -0.25) is 24.1 Å². The summed E-state index contributed by atoms with van der Waals surface area (Å²) in [4.78, 5) is 61.3. The minimum atomic E-state index is -0.745. The molecule has 0 saturated carbocycles. The lowest BCUT2D eigenvalue weighted by molar-refractivity contribution is -0.123. The first-order valence-electron chi connectivity index (χ1n) is 15.7. The van der Waals surface area contributed by atoms with Crippen LogP contribution in [0.5, 0.6) is 5.75 Å². The number of anilines is 1. The van der Waals surface area contributed by atoms with Crippen LogP contribution in [-0.4, -0.2) is 33.5 Å². The molecule has 0 unspecified atom stereocenters. The Balaban J connectivity index is 1.11. The average Bonchev–Trinajstić information content (AvgIpc) is 3.65. The van der Waals surface area contributed by atoms with Crippen LogP contribution in [0.25, 0.3) is 33.3 Å². The molecule has 2 heterocycles. The third-order valence-corrected chi connectivity index (χ3v) is 10.8. The minimum Gasteiger partial charge on any atom is -0.507 e. The monoisotopic (exact) mass is 696 g/mol. The molecule has 9 heteroatoms. The highest BCUT2D eigenvalue weighted by molar-refractivity contribution is 9.12. The number of ketones is 2. The Morgan fingerprint density at radius 3 is 2.44 bits per heavy atom. The summed E-state index contributed by atoms with van der Waals surface area (Å²) in [5.41, 5.74) is 4.45. The summed E-state index contributed by atoms with van der Waals surface area (Å²) in [5, 5.41) is 13.1. The van der Waals surface area contributed by atoms with Crippen LogP contribution in [-0.2, 0) is 19.2 Å². The van der Waals surface area contributed by atoms with E-state index in [0.717, 1.165) is 16.5 Å². The Kier molecular flexibility index (Phi) is 6.33. The Morgan fingerprint density at radius 2 is 1.62 bits per heavy atom. The number of imide groups is 1. The Labute approximate surface area is 282 Å². The Morgan fingerprint density at radius 1 is 0.854 bits per heavy atom. The van der Waals surface area contributed by atoms with Gasteiger partial charge in [-0.05, 0) is 76.5 Å². The highest BCUT2D eigenvalue weighted by Gasteiger charge is 2.57. The van der Waals surface area contributed by atoms with Gasteiger partial charge in [0.15, 0.2) is 17.1 Å². The number of rotatable bonds is 3. The topological polar surface area (TPSA) is 118 Å². The molecule has 1 N–H and O–H groups in total. The lowest BCUT2D eigenvalue weighted by Crippen LogP contribution is -2.39. The fourth-order valence-corrected chi connectivity index (χ4v) is 8.52. The van der Waals surface area contributed by atoms with E-state index in [-0.39, 0.29) is 40.0 Å². The predicted molar refractivity (Wildman–Crippen MR) is 182 cm³/mol. The fraction of sp³-hybridized carbons (Fsp3) is 0.154. The molecule has 1 aromatic heterocycles. The average molecular weight is 698 g/mol. The zero-order valence-electron chi connectivity index (χ0n) is 25.2. The third-order valence-electron chi connectivity index (χ3n) is 10.2. The van der Waals surface area contributed by atoms with E-state index in [4.69, 9.17) is 4.42 Å². The van der Waals surface area contributed by atoms with Crippen LogP contribution >= 0.6 is 15.9 Å². The molecule has 4 aromatic carbocycles. The molecule has 1 aliphatic heterocycles. The van der Waals surface area contributed by atoms with Crippen LogP contribution in [0.15, 0.2) is 123 Å². The van der Waals surface area contributed by atoms with E-state index in [1.807, 2.05) is 60.7 Å². The molecule has 9 rings (SSSR count). The van der Waals surface area contributed by atoms with E-state index < -0.39 is 23.7 Å². The van der Waals surface area contributed by atoms with Gasteiger partial charge < -0.3 is 9.52 Å². The van der Waals surface area contributed by atoms with Gasteiger partial charge in [0.1, 0.15) is 11.3 Å². The highest BCUT2D eigenvalue weighted by Crippen LogP contribution is 2.57. The van der Waals surface area contributed by atoms with Gasteiger partial charge >= 0.3 is 0 Å². The van der Waals surface area contributed by atoms with Crippen molar-refractivity contribution in [2.45, 2.75) is 18.8 Å². The number of Topliss-reactive ketones (excluding diaryl/α,β-unsaturated/α-hetero) is 1. The maximum absolute atomic E-state index is 14.3. The second-order valence-corrected chi connectivity index (χ2v) is 13.5. The highest BCUT2D eigenvalue weighted by atomic mass is 79.9. The number of amides is 2. The van der Waals surface area contributed by atoms with Gasteiger partial charge in [0.25, 0.3) is 0 Å². The molecule has 1 fully saturated rings. The smallest absolute Gasteiger partial charge is 0.238 e. The van der Waals surface area contributed by atoms with Crippen LogP contribution in [0.4, 0.5) is 5.69 Å². The summed E-state index contributed by atoms with van der Waals surface area (Å²) >= 11 is 3.27. The van der Waals surface area contributed by atoms with Crippen molar-refractivity contribution in [3.05, 3.63) is 124 Å². The molecule has 4 aliphatic rings. The van der Waals surface area contributed by atoms with E-state index in [2.05, 4.69) is 20.9 Å². The summed E-state index contributed by atoms with van der Waals surface area (Å²) in [6, 6.07) is 25.5. The number of para-hydroxylation sites is 2. The van der Waals surface area contributed by atoms with Crippen LogP contribution in [0.3, 0.4) is 0 Å². The molecule has 5 aromatic rings. The number of halogens is 1. The molecule has 8 nitrogen and oxygen atoms in total. The van der Waals surface area contributed by atoms with Gasteiger partial charge in [-0.1, -0.05) is 60.2 Å². The maximum Gasteiger partial charge on any atom is 0.238 e. The van der Waals surface area contributed by atoms with Crippen molar-refractivity contribution in [3.8, 4) is 17.2 Å². The second-order valence-electron chi connectivity index (χ2n) is 12.7. The quantitative estimate of drug-likeness (QED) is 0.119. The van der Waals surface area contributed by atoms with Crippen molar-refractivity contribution in [2.24, 2.45) is 17.8 Å². The first-order chi connectivity index (χ1) is 23.3. The molecular formula is C39H25BrN2O6. The number of aromatic nitrogens is 1. The van der Waals surface area contributed by atoms with Gasteiger partial charge in [-0.2, -0.15) is 0 Å². The Hall–Kier alpha value is -5.41. The first kappa shape index (κ1) is 28.8. The van der Waals surface area contributed by atoms with Crippen molar-refractivity contribution in [3.63, 3.8) is 0 Å². The molecule has 0 radical (unpaired) electrons. The van der Waals surface area contributed by atoms with Crippen molar-refractivity contribution >= 4 is 66.9 Å². The molecule has 4 atom stereocenters. The van der Waals surface area contributed by atoms with Gasteiger partial charge in [-0.25, -0.2) is 4.98 Å². The van der Waals surface area contributed by atoms with E-state index in [1.54, 1.807) is 30.3 Å². The largest absolute Gasteiger partial charge is 0.507 e. The second kappa shape index (κ2) is 10.6. The number of hydrogen-bond donors (Lipinski definition) is 1. The fourth-order valence-electron chi connectivity index (χ4n) is 8.07. The van der Waals surface area contributed by atoms with Crippen LogP contribution in [0.2, 0.25) is 0 Å². The van der Waals surface area contributed by atoms with E-state index in [0.29, 0.717) is 51.2 Å². The molecule has 3 aliphatic carbocycles. The molecule has 0 spiro atoms. The van der Waals surface area contributed by atoms with Gasteiger partial charge in [0.2, 0.25) is 17.7 Å². The lowest BCUT2D eigenvalue weighted by atomic mass is 9.59. The number of allylic oxidation sites excluding steroid dienone is 6. The molecule has 1 saturated heterocycles. The number of hydrogen-bond acceptors (Lipinski definition) is 7. The third kappa shape index (κ3) is 4.10. The first-order valence-corrected chi connectivity index (χ1v) is 16.5. The summed E-state index contributed by atoms with van der Waals surface area (Å²) in [6.07, 6.45) is 3.68. The minimum absolute atomic E-state index is 0.0250. The van der Waals surface area contributed by atoms with Crippen LogP contribution in [0.1, 0.15) is 24.3 Å². The van der Waals surface area contributed by atoms with Crippen molar-refractivity contribution in [1.29, 1.82) is 0 Å². The van der Waals surface area contributed by atoms with E-state index in [1.165, 1.54) is 11.0 Å². The molecule has 0 bridgehead atoms. The van der Waals surface area contributed by atoms with Crippen LogP contribution < -0.4 is 4.90 Å². The zero-order valence-corrected chi connectivity index (χ0v) is 26.8. The number of fused-ring (bicyclic) bond motifs is 5.